The van der Waals surface area contributed by atoms with E-state index in [1.807, 2.05) is 54.0 Å². The minimum atomic E-state index is -0.428. The van der Waals surface area contributed by atoms with Gasteiger partial charge in [-0.1, -0.05) is 29.8 Å². The lowest BCUT2D eigenvalue weighted by molar-refractivity contribution is -0.384. The molecule has 146 valence electrons. The Morgan fingerprint density at radius 3 is 2.30 bits per heavy atom. The van der Waals surface area contributed by atoms with Crippen molar-refractivity contribution < 1.29 is 4.92 Å². The lowest BCUT2D eigenvalue weighted by atomic mass is 10.2. The van der Waals surface area contributed by atoms with Gasteiger partial charge in [0.05, 0.1) is 21.6 Å². The molecule has 8 heteroatoms. The molecule has 0 atom stereocenters. The van der Waals surface area contributed by atoms with Gasteiger partial charge in [-0.05, 0) is 48.9 Å². The third kappa shape index (κ3) is 2.96. The Morgan fingerprint density at radius 2 is 1.63 bits per heavy atom. The van der Waals surface area contributed by atoms with Gasteiger partial charge in [-0.2, -0.15) is 0 Å². The number of nitro benzene ring substituents is 1. The zero-order chi connectivity index (χ0) is 20.8. The standard InChI is InChI=1S/C22H14ClN5O2/c1-13-6-9-16(12-17(13)23)27-21(14-7-10-15(11-8-14)28(29)30)26-20-22(27)25-19-5-3-2-4-18(19)24-20/h2-12H,1H3. The molecule has 0 aliphatic heterocycles. The number of fused-ring (bicyclic) bond motifs is 2. The predicted octanol–water partition coefficient (Wildman–Crippen LogP) is 5.51. The maximum absolute atomic E-state index is 11.0. The van der Waals surface area contributed by atoms with Crippen LogP contribution in [0.4, 0.5) is 5.69 Å². The first-order chi connectivity index (χ1) is 14.5. The second-order valence-electron chi connectivity index (χ2n) is 6.87. The number of nitro groups is 1. The topological polar surface area (TPSA) is 86.7 Å². The van der Waals surface area contributed by atoms with Crippen molar-refractivity contribution in [2.75, 3.05) is 0 Å². The molecule has 0 N–H and O–H groups in total. The molecule has 3 aromatic carbocycles. The van der Waals surface area contributed by atoms with Gasteiger partial charge in [0, 0.05) is 22.7 Å². The Hall–Kier alpha value is -3.84. The molecule has 0 radical (unpaired) electrons. The van der Waals surface area contributed by atoms with E-state index in [1.165, 1.54) is 12.1 Å². The molecule has 2 aromatic heterocycles. The smallest absolute Gasteiger partial charge is 0.269 e. The van der Waals surface area contributed by atoms with Crippen molar-refractivity contribution in [3.05, 3.63) is 87.4 Å². The number of nitrogens with zero attached hydrogens (tertiary/aromatic N) is 5. The molecular weight excluding hydrogens is 402 g/mol. The van der Waals surface area contributed by atoms with Crippen LogP contribution in [0, 0.1) is 17.0 Å². The van der Waals surface area contributed by atoms with Crippen LogP contribution in [-0.2, 0) is 0 Å². The van der Waals surface area contributed by atoms with Gasteiger partial charge >= 0.3 is 0 Å². The van der Waals surface area contributed by atoms with Crippen LogP contribution < -0.4 is 0 Å². The van der Waals surface area contributed by atoms with Crippen molar-refractivity contribution in [1.82, 2.24) is 19.5 Å². The number of aromatic nitrogens is 4. The van der Waals surface area contributed by atoms with Gasteiger partial charge in [0.25, 0.3) is 5.69 Å². The Labute approximate surface area is 175 Å². The van der Waals surface area contributed by atoms with E-state index in [2.05, 4.69) is 4.98 Å². The highest BCUT2D eigenvalue weighted by Crippen LogP contribution is 2.31. The molecule has 0 amide bonds. The van der Waals surface area contributed by atoms with Crippen LogP contribution in [0.2, 0.25) is 5.02 Å². The van der Waals surface area contributed by atoms with E-state index in [0.29, 0.717) is 27.7 Å². The molecule has 0 unspecified atom stereocenters. The number of rotatable bonds is 3. The Kier molecular flexibility index (Phi) is 4.18. The molecule has 0 aliphatic rings. The minimum Gasteiger partial charge on any atom is -0.275 e. The fraction of sp³-hybridized carbons (Fsp3) is 0.0455. The fourth-order valence-electron chi connectivity index (χ4n) is 3.35. The van der Waals surface area contributed by atoms with Crippen molar-refractivity contribution in [2.45, 2.75) is 6.92 Å². The number of non-ortho nitro benzene ring substituents is 1. The van der Waals surface area contributed by atoms with Gasteiger partial charge in [-0.15, -0.1) is 0 Å². The van der Waals surface area contributed by atoms with Crippen molar-refractivity contribution in [3.8, 4) is 17.1 Å². The molecule has 0 saturated carbocycles. The molecular formula is C22H14ClN5O2. The second-order valence-corrected chi connectivity index (χ2v) is 7.28. The Morgan fingerprint density at radius 1 is 0.933 bits per heavy atom. The molecule has 5 rings (SSSR count). The van der Waals surface area contributed by atoms with Crippen LogP contribution in [0.1, 0.15) is 5.56 Å². The van der Waals surface area contributed by atoms with Crippen LogP contribution in [0.25, 0.3) is 39.4 Å². The number of aryl methyl sites for hydroxylation is 1. The van der Waals surface area contributed by atoms with E-state index >= 15 is 0 Å². The molecule has 0 bridgehead atoms. The first-order valence-electron chi connectivity index (χ1n) is 9.18. The van der Waals surface area contributed by atoms with Gasteiger partial charge in [-0.25, -0.2) is 15.0 Å². The maximum Gasteiger partial charge on any atom is 0.269 e. The predicted molar refractivity (Wildman–Crippen MR) is 116 cm³/mol. The van der Waals surface area contributed by atoms with Gasteiger partial charge < -0.3 is 0 Å². The summed E-state index contributed by atoms with van der Waals surface area (Å²) in [7, 11) is 0. The summed E-state index contributed by atoms with van der Waals surface area (Å²) in [5.74, 6) is 0.579. The van der Waals surface area contributed by atoms with Crippen LogP contribution >= 0.6 is 11.6 Å². The van der Waals surface area contributed by atoms with Crippen LogP contribution in [0.5, 0.6) is 0 Å². The lowest BCUT2D eigenvalue weighted by Crippen LogP contribution is -2.00. The molecule has 2 heterocycles. The number of imidazole rings is 1. The molecule has 0 saturated heterocycles. The lowest BCUT2D eigenvalue weighted by Gasteiger charge is -2.10. The van der Waals surface area contributed by atoms with Crippen LogP contribution in [-0.4, -0.2) is 24.4 Å². The first kappa shape index (κ1) is 18.2. The summed E-state index contributed by atoms with van der Waals surface area (Å²) in [6.45, 7) is 1.93. The molecule has 0 spiro atoms. The third-order valence-corrected chi connectivity index (χ3v) is 5.33. The second kappa shape index (κ2) is 6.89. The van der Waals surface area contributed by atoms with Gasteiger partial charge in [0.1, 0.15) is 5.82 Å². The minimum absolute atomic E-state index is 0.0155. The number of para-hydroxylation sites is 2. The quantitative estimate of drug-likeness (QED) is 0.286. The monoisotopic (exact) mass is 415 g/mol. The molecule has 30 heavy (non-hydrogen) atoms. The van der Waals surface area contributed by atoms with Gasteiger partial charge in [-0.3, -0.25) is 14.7 Å². The van der Waals surface area contributed by atoms with Crippen LogP contribution in [0.15, 0.2) is 66.7 Å². The Balaban J connectivity index is 1.82. The number of halogens is 1. The summed E-state index contributed by atoms with van der Waals surface area (Å²) in [5, 5.41) is 11.7. The van der Waals surface area contributed by atoms with Gasteiger partial charge in [0.2, 0.25) is 0 Å². The molecule has 0 fully saturated rings. The summed E-state index contributed by atoms with van der Waals surface area (Å²) < 4.78 is 1.88. The van der Waals surface area contributed by atoms with E-state index in [9.17, 15) is 10.1 Å². The number of benzene rings is 3. The third-order valence-electron chi connectivity index (χ3n) is 4.92. The molecule has 0 aliphatic carbocycles. The van der Waals surface area contributed by atoms with E-state index in [-0.39, 0.29) is 5.69 Å². The number of hydrogen-bond acceptors (Lipinski definition) is 5. The summed E-state index contributed by atoms with van der Waals surface area (Å²) in [6.07, 6.45) is 0. The first-order valence-corrected chi connectivity index (χ1v) is 9.55. The van der Waals surface area contributed by atoms with E-state index < -0.39 is 4.92 Å². The van der Waals surface area contributed by atoms with E-state index in [4.69, 9.17) is 21.6 Å². The average molecular weight is 416 g/mol. The zero-order valence-electron chi connectivity index (χ0n) is 15.8. The highest BCUT2D eigenvalue weighted by molar-refractivity contribution is 6.31. The summed E-state index contributed by atoms with van der Waals surface area (Å²) in [5.41, 5.74) is 5.03. The highest BCUT2D eigenvalue weighted by Gasteiger charge is 2.19. The van der Waals surface area contributed by atoms with E-state index in [0.717, 1.165) is 22.3 Å². The fourth-order valence-corrected chi connectivity index (χ4v) is 3.52. The van der Waals surface area contributed by atoms with E-state index in [1.54, 1.807) is 12.1 Å². The Bertz CT molecular complexity index is 1440. The summed E-state index contributed by atoms with van der Waals surface area (Å²) >= 11 is 6.39. The summed E-state index contributed by atoms with van der Waals surface area (Å²) in [4.78, 5) is 24.8. The maximum atomic E-state index is 11.0. The van der Waals surface area contributed by atoms with Gasteiger partial charge in [0.15, 0.2) is 11.3 Å². The zero-order valence-corrected chi connectivity index (χ0v) is 16.5. The van der Waals surface area contributed by atoms with Crippen molar-refractivity contribution in [2.24, 2.45) is 0 Å². The number of hydrogen-bond donors (Lipinski definition) is 0. The molecule has 7 nitrogen and oxygen atoms in total. The average Bonchev–Trinajstić information content (AvgIpc) is 3.12. The summed E-state index contributed by atoms with van der Waals surface area (Å²) in [6, 6.07) is 19.6. The van der Waals surface area contributed by atoms with Crippen molar-refractivity contribution >= 4 is 39.6 Å². The highest BCUT2D eigenvalue weighted by atomic mass is 35.5. The van der Waals surface area contributed by atoms with Crippen molar-refractivity contribution in [1.29, 1.82) is 0 Å². The normalized spacial score (nSPS) is 11.3. The van der Waals surface area contributed by atoms with Crippen LogP contribution in [0.3, 0.4) is 0 Å². The SMILES string of the molecule is Cc1ccc(-n2c(-c3ccc([N+](=O)[O-])cc3)nc3nc4ccccc4nc32)cc1Cl. The molecule has 5 aromatic rings. The largest absolute Gasteiger partial charge is 0.275 e. The van der Waals surface area contributed by atoms with Crippen molar-refractivity contribution in [3.63, 3.8) is 0 Å².